The Morgan fingerprint density at radius 1 is 1.15 bits per heavy atom. The van der Waals surface area contributed by atoms with E-state index in [1.54, 1.807) is 19.1 Å². The van der Waals surface area contributed by atoms with Gasteiger partial charge in [0.15, 0.2) is 0 Å². The van der Waals surface area contributed by atoms with Gasteiger partial charge in [-0.1, -0.05) is 19.8 Å². The quantitative estimate of drug-likeness (QED) is 0.718. The number of benzene rings is 1. The van der Waals surface area contributed by atoms with Crippen LogP contribution in [0, 0.1) is 0 Å². The van der Waals surface area contributed by atoms with E-state index in [1.807, 2.05) is 11.8 Å². The zero-order valence-corrected chi connectivity index (χ0v) is 17.5. The van der Waals surface area contributed by atoms with Gasteiger partial charge in [-0.3, -0.25) is 9.69 Å². The molecule has 0 spiro atoms. The fourth-order valence-electron chi connectivity index (χ4n) is 4.08. The monoisotopic (exact) mass is 411 g/mol. The molecule has 6 nitrogen and oxygen atoms in total. The van der Waals surface area contributed by atoms with Crippen molar-refractivity contribution in [1.29, 1.82) is 0 Å². The second-order valence-electron chi connectivity index (χ2n) is 7.24. The summed E-state index contributed by atoms with van der Waals surface area (Å²) in [5.41, 5.74) is 0.582. The zero-order chi connectivity index (χ0) is 19.3. The molecule has 27 heavy (non-hydrogen) atoms. The average molecular weight is 412 g/mol. The first-order chi connectivity index (χ1) is 13.0. The van der Waals surface area contributed by atoms with Crippen molar-refractivity contribution in [2.24, 2.45) is 0 Å². The number of amides is 1. The van der Waals surface area contributed by atoms with E-state index in [9.17, 15) is 13.2 Å². The molecule has 0 aromatic heterocycles. The summed E-state index contributed by atoms with van der Waals surface area (Å²) in [7, 11) is -3.49. The Bertz CT molecular complexity index is 738. The summed E-state index contributed by atoms with van der Waals surface area (Å²) in [4.78, 5) is 15.4. The molecule has 1 aliphatic heterocycles. The molecule has 0 radical (unpaired) electrons. The fraction of sp³-hybridized carbons (Fsp3) is 0.632. The Kier molecular flexibility index (Phi) is 6.83. The fourth-order valence-corrected chi connectivity index (χ4v) is 6.03. The molecule has 2 aliphatic rings. The Morgan fingerprint density at radius 2 is 1.78 bits per heavy atom. The summed E-state index contributed by atoms with van der Waals surface area (Å²) in [5, 5.41) is 3.11. The van der Waals surface area contributed by atoms with Crippen molar-refractivity contribution in [3.05, 3.63) is 29.8 Å². The van der Waals surface area contributed by atoms with Gasteiger partial charge in [0.05, 0.1) is 4.90 Å². The average Bonchev–Trinajstić information content (AvgIpc) is 3.17. The highest BCUT2D eigenvalue weighted by atomic mass is 32.2. The molecule has 8 heteroatoms. The van der Waals surface area contributed by atoms with Gasteiger partial charge in [0.25, 0.3) is 5.91 Å². The molecule has 1 amide bonds. The Labute approximate surface area is 166 Å². The zero-order valence-electron chi connectivity index (χ0n) is 15.9. The van der Waals surface area contributed by atoms with Gasteiger partial charge in [-0.25, -0.2) is 13.1 Å². The van der Waals surface area contributed by atoms with Crippen molar-refractivity contribution >= 4 is 27.7 Å². The predicted octanol–water partition coefficient (Wildman–Crippen LogP) is 2.08. The molecule has 1 saturated carbocycles. The van der Waals surface area contributed by atoms with Crippen molar-refractivity contribution in [3.8, 4) is 0 Å². The molecule has 3 rings (SSSR count). The van der Waals surface area contributed by atoms with Gasteiger partial charge in [-0.05, 0) is 37.1 Å². The number of carbonyl (C=O) groups is 1. The van der Waals surface area contributed by atoms with Crippen molar-refractivity contribution in [1.82, 2.24) is 14.9 Å². The van der Waals surface area contributed by atoms with Crippen LogP contribution in [0.3, 0.4) is 0 Å². The maximum absolute atomic E-state index is 12.6. The minimum atomic E-state index is -3.49. The van der Waals surface area contributed by atoms with E-state index in [-0.39, 0.29) is 16.3 Å². The van der Waals surface area contributed by atoms with Crippen LogP contribution in [0.15, 0.2) is 29.2 Å². The lowest BCUT2D eigenvalue weighted by molar-refractivity contribution is 0.0817. The van der Waals surface area contributed by atoms with Crippen LogP contribution in [-0.4, -0.2) is 62.4 Å². The summed E-state index contributed by atoms with van der Waals surface area (Å²) < 4.78 is 26.5. The second kappa shape index (κ2) is 8.94. The molecule has 1 saturated heterocycles. The molecule has 1 aromatic rings. The number of nitrogens with zero attached hydrogens (tertiary/aromatic N) is 1. The van der Waals surface area contributed by atoms with Gasteiger partial charge in [0.1, 0.15) is 0 Å². The summed E-state index contributed by atoms with van der Waals surface area (Å²) in [6.07, 6.45) is 4.71. The first kappa shape index (κ1) is 20.6. The molecule has 0 bridgehead atoms. The second-order valence-corrected chi connectivity index (χ2v) is 10.2. The molecule has 0 unspecified atom stereocenters. The van der Waals surface area contributed by atoms with Crippen LogP contribution in [0.1, 0.15) is 43.0 Å². The van der Waals surface area contributed by atoms with E-state index >= 15 is 0 Å². The molecular weight excluding hydrogens is 382 g/mol. The number of rotatable bonds is 7. The summed E-state index contributed by atoms with van der Waals surface area (Å²) >= 11 is 2.00. The number of thioether (sulfide) groups is 1. The third-order valence-corrected chi connectivity index (χ3v) is 8.06. The van der Waals surface area contributed by atoms with Crippen LogP contribution in [0.2, 0.25) is 0 Å². The van der Waals surface area contributed by atoms with E-state index in [0.717, 1.165) is 37.4 Å². The number of hydrogen-bond donors (Lipinski definition) is 2. The first-order valence-corrected chi connectivity index (χ1v) is 12.3. The van der Waals surface area contributed by atoms with Crippen LogP contribution < -0.4 is 10.0 Å². The van der Waals surface area contributed by atoms with E-state index in [4.69, 9.17) is 0 Å². The number of carbonyl (C=O) groups excluding carboxylic acids is 1. The van der Waals surface area contributed by atoms with Gasteiger partial charge < -0.3 is 5.32 Å². The topological polar surface area (TPSA) is 78.5 Å². The van der Waals surface area contributed by atoms with Gasteiger partial charge in [0.2, 0.25) is 10.0 Å². The molecule has 0 atom stereocenters. The maximum Gasteiger partial charge on any atom is 0.251 e. The van der Waals surface area contributed by atoms with Gasteiger partial charge in [-0.15, -0.1) is 0 Å². The number of nitrogens with one attached hydrogen (secondary N) is 2. The maximum atomic E-state index is 12.6. The third-order valence-electron chi connectivity index (χ3n) is 5.56. The van der Waals surface area contributed by atoms with E-state index < -0.39 is 10.0 Å². The van der Waals surface area contributed by atoms with Crippen LogP contribution in [0.4, 0.5) is 0 Å². The Hall–Kier alpha value is -1.09. The van der Waals surface area contributed by atoms with Crippen molar-refractivity contribution < 1.29 is 13.2 Å². The number of sulfonamides is 1. The highest BCUT2D eigenvalue weighted by molar-refractivity contribution is 7.99. The summed E-state index contributed by atoms with van der Waals surface area (Å²) in [6, 6.07) is 6.14. The van der Waals surface area contributed by atoms with Crippen LogP contribution in [0.25, 0.3) is 0 Å². The van der Waals surface area contributed by atoms with Crippen molar-refractivity contribution in [2.75, 3.05) is 37.7 Å². The highest BCUT2D eigenvalue weighted by Crippen LogP contribution is 2.36. The Morgan fingerprint density at radius 3 is 2.37 bits per heavy atom. The lowest BCUT2D eigenvalue weighted by Crippen LogP contribution is -2.56. The van der Waals surface area contributed by atoms with E-state index in [1.165, 1.54) is 25.0 Å². The standard InChI is InChI=1S/C19H29N3O3S2/c1-2-21-27(24,25)17-7-5-16(6-8-17)18(23)20-15-19(9-3-4-10-19)22-11-13-26-14-12-22/h5-8,21H,2-4,9-15H2,1H3,(H,20,23). The first-order valence-electron chi connectivity index (χ1n) is 9.68. The predicted molar refractivity (Wildman–Crippen MR) is 110 cm³/mol. The lowest BCUT2D eigenvalue weighted by Gasteiger charge is -2.43. The molecule has 2 N–H and O–H groups in total. The summed E-state index contributed by atoms with van der Waals surface area (Å²) in [5.74, 6) is 2.19. The van der Waals surface area contributed by atoms with Crippen LogP contribution in [-0.2, 0) is 10.0 Å². The minimum Gasteiger partial charge on any atom is -0.350 e. The largest absolute Gasteiger partial charge is 0.350 e. The van der Waals surface area contributed by atoms with E-state index in [2.05, 4.69) is 14.9 Å². The van der Waals surface area contributed by atoms with Crippen molar-refractivity contribution in [3.63, 3.8) is 0 Å². The molecule has 1 aliphatic carbocycles. The molecular formula is C19H29N3O3S2. The number of hydrogen-bond acceptors (Lipinski definition) is 5. The molecule has 1 aromatic carbocycles. The lowest BCUT2D eigenvalue weighted by atomic mass is 9.94. The molecule has 2 fully saturated rings. The van der Waals surface area contributed by atoms with E-state index in [0.29, 0.717) is 18.7 Å². The van der Waals surface area contributed by atoms with Crippen LogP contribution >= 0.6 is 11.8 Å². The Balaban J connectivity index is 1.64. The molecule has 150 valence electrons. The van der Waals surface area contributed by atoms with Gasteiger partial charge in [-0.2, -0.15) is 11.8 Å². The normalized spacial score (nSPS) is 20.5. The van der Waals surface area contributed by atoms with Crippen LogP contribution in [0.5, 0.6) is 0 Å². The highest BCUT2D eigenvalue weighted by Gasteiger charge is 2.40. The van der Waals surface area contributed by atoms with Crippen molar-refractivity contribution in [2.45, 2.75) is 43.0 Å². The van der Waals surface area contributed by atoms with Gasteiger partial charge in [0, 0.05) is 48.8 Å². The third kappa shape index (κ3) is 4.85. The SMILES string of the molecule is CCNS(=O)(=O)c1ccc(C(=O)NCC2(N3CCSCC3)CCCC2)cc1. The smallest absolute Gasteiger partial charge is 0.251 e. The summed E-state index contributed by atoms with van der Waals surface area (Å²) in [6.45, 7) is 4.92. The van der Waals surface area contributed by atoms with Gasteiger partial charge >= 0.3 is 0 Å². The molecule has 1 heterocycles. The minimum absolute atomic E-state index is 0.0883.